The highest BCUT2D eigenvalue weighted by atomic mass is 35.5. The molecule has 1 spiro atoms. The molecule has 168 valence electrons. The lowest BCUT2D eigenvalue weighted by Crippen LogP contribution is -3.00. The van der Waals surface area contributed by atoms with Crippen LogP contribution in [0.15, 0.2) is 0 Å². The topological polar surface area (TPSA) is 0 Å². The molecule has 2 aliphatic heterocycles. The van der Waals surface area contributed by atoms with Gasteiger partial charge in [0.1, 0.15) is 0 Å². The van der Waals surface area contributed by atoms with Crippen molar-refractivity contribution >= 4 is 0 Å². The number of hydrogen-bond acceptors (Lipinski definition) is 0. The Labute approximate surface area is 184 Å². The third kappa shape index (κ3) is 10.3. The summed E-state index contributed by atoms with van der Waals surface area (Å²) >= 11 is 0. The van der Waals surface area contributed by atoms with Crippen LogP contribution in [-0.2, 0) is 0 Å². The molecule has 1 nitrogen and oxygen atoms in total. The predicted molar refractivity (Wildman–Crippen MR) is 121 cm³/mol. The molecule has 0 saturated carbocycles. The first kappa shape index (κ1) is 26.3. The van der Waals surface area contributed by atoms with E-state index in [9.17, 15) is 0 Å². The lowest BCUT2D eigenvalue weighted by Gasteiger charge is -2.46. The van der Waals surface area contributed by atoms with E-state index in [0.29, 0.717) is 0 Å². The molecule has 0 N–H and O–H groups in total. The Morgan fingerprint density at radius 2 is 0.964 bits per heavy atom. The van der Waals surface area contributed by atoms with Crippen LogP contribution in [0.2, 0.25) is 0 Å². The van der Waals surface area contributed by atoms with Gasteiger partial charge in [-0.25, -0.2) is 0 Å². The molecular weight excluding hydrogens is 362 g/mol. The zero-order valence-corrected chi connectivity index (χ0v) is 20.1. The zero-order valence-electron chi connectivity index (χ0n) is 19.4. The summed E-state index contributed by atoms with van der Waals surface area (Å²) in [7, 11) is 0. The van der Waals surface area contributed by atoms with Gasteiger partial charge in [-0.05, 0) is 64.2 Å². The average Bonchev–Trinajstić information content (AvgIpc) is 2.80. The Kier molecular flexibility index (Phi) is 15.9. The summed E-state index contributed by atoms with van der Waals surface area (Å²) in [5.41, 5.74) is 0. The summed E-state index contributed by atoms with van der Waals surface area (Å²) in [4.78, 5) is 0. The Balaban J connectivity index is 0.00000392. The minimum Gasteiger partial charge on any atom is -1.00 e. The van der Waals surface area contributed by atoms with Crippen molar-refractivity contribution in [2.75, 3.05) is 19.6 Å². The number of halogens is 1. The molecule has 28 heavy (non-hydrogen) atoms. The van der Waals surface area contributed by atoms with E-state index in [-0.39, 0.29) is 12.4 Å². The molecule has 0 aromatic rings. The standard InChI is InChI=1S/C26H52N.ClH/c1-2-3-4-5-6-11-16-21-26-22-17-12-7-8-13-18-23-27(26)24-19-14-9-10-15-20-25-27;/h26H,2-25H2,1H3;1H/q+1;/p-1. The Morgan fingerprint density at radius 1 is 0.536 bits per heavy atom. The molecule has 0 aliphatic carbocycles. The van der Waals surface area contributed by atoms with Crippen LogP contribution in [-0.4, -0.2) is 30.2 Å². The SMILES string of the molecule is CCCCCCCCCC1CCCCCCCC[N+]12CCCCCCCC2.[Cl-]. The molecule has 0 radical (unpaired) electrons. The molecule has 0 aromatic carbocycles. The molecule has 2 saturated heterocycles. The molecule has 2 heteroatoms. The monoisotopic (exact) mass is 413 g/mol. The van der Waals surface area contributed by atoms with Crippen molar-refractivity contribution in [2.45, 2.75) is 148 Å². The maximum absolute atomic E-state index is 2.33. The van der Waals surface area contributed by atoms with Gasteiger partial charge in [-0.1, -0.05) is 77.6 Å². The molecular formula is C26H52ClN. The Bertz CT molecular complexity index is 333. The van der Waals surface area contributed by atoms with E-state index in [1.807, 2.05) is 0 Å². The molecule has 2 fully saturated rings. The Morgan fingerprint density at radius 3 is 1.50 bits per heavy atom. The van der Waals surface area contributed by atoms with Crippen molar-refractivity contribution in [3.05, 3.63) is 0 Å². The van der Waals surface area contributed by atoms with Crippen molar-refractivity contribution in [1.29, 1.82) is 0 Å². The van der Waals surface area contributed by atoms with Crippen LogP contribution in [0.5, 0.6) is 0 Å². The van der Waals surface area contributed by atoms with Crippen LogP contribution in [0.25, 0.3) is 0 Å². The average molecular weight is 414 g/mol. The number of nitrogens with zero attached hydrogens (tertiary/aromatic N) is 1. The second-order valence-electron chi connectivity index (χ2n) is 9.98. The molecule has 2 heterocycles. The maximum atomic E-state index is 2.33. The van der Waals surface area contributed by atoms with E-state index in [1.165, 1.54) is 159 Å². The van der Waals surface area contributed by atoms with E-state index in [2.05, 4.69) is 6.92 Å². The highest BCUT2D eigenvalue weighted by Gasteiger charge is 2.35. The summed E-state index contributed by atoms with van der Waals surface area (Å²) in [6.45, 7) is 6.87. The van der Waals surface area contributed by atoms with Gasteiger partial charge in [0, 0.05) is 0 Å². The molecule has 1 unspecified atom stereocenters. The molecule has 2 rings (SSSR count). The van der Waals surface area contributed by atoms with E-state index in [0.717, 1.165) is 6.04 Å². The summed E-state index contributed by atoms with van der Waals surface area (Å²) in [5.74, 6) is 0. The van der Waals surface area contributed by atoms with Crippen LogP contribution < -0.4 is 12.4 Å². The normalized spacial score (nSPS) is 24.5. The number of unbranched alkanes of at least 4 members (excludes halogenated alkanes) is 6. The van der Waals surface area contributed by atoms with Crippen molar-refractivity contribution in [3.8, 4) is 0 Å². The van der Waals surface area contributed by atoms with E-state index >= 15 is 0 Å². The fourth-order valence-electron chi connectivity index (χ4n) is 5.99. The molecule has 0 bridgehead atoms. The Hall–Kier alpha value is 0.250. The summed E-state index contributed by atoms with van der Waals surface area (Å²) in [5, 5.41) is 0. The largest absolute Gasteiger partial charge is 1.00 e. The summed E-state index contributed by atoms with van der Waals surface area (Å²) in [6, 6.07) is 0.997. The number of rotatable bonds is 8. The van der Waals surface area contributed by atoms with E-state index in [1.54, 1.807) is 0 Å². The first-order valence-corrected chi connectivity index (χ1v) is 13.2. The van der Waals surface area contributed by atoms with Gasteiger partial charge in [0.2, 0.25) is 0 Å². The maximum Gasteiger partial charge on any atom is 0.0890 e. The van der Waals surface area contributed by atoms with Gasteiger partial charge in [0.25, 0.3) is 0 Å². The van der Waals surface area contributed by atoms with Gasteiger partial charge in [-0.15, -0.1) is 0 Å². The van der Waals surface area contributed by atoms with Crippen LogP contribution in [0.4, 0.5) is 0 Å². The quantitative estimate of drug-likeness (QED) is 0.368. The van der Waals surface area contributed by atoms with Gasteiger partial charge < -0.3 is 16.9 Å². The lowest BCUT2D eigenvalue weighted by atomic mass is 9.93. The molecule has 0 amide bonds. The third-order valence-corrected chi connectivity index (χ3v) is 7.76. The van der Waals surface area contributed by atoms with Crippen molar-refractivity contribution in [2.24, 2.45) is 0 Å². The second-order valence-corrected chi connectivity index (χ2v) is 9.98. The van der Waals surface area contributed by atoms with Crippen LogP contribution in [0.1, 0.15) is 142 Å². The highest BCUT2D eigenvalue weighted by Crippen LogP contribution is 2.30. The third-order valence-electron chi connectivity index (χ3n) is 7.76. The van der Waals surface area contributed by atoms with Gasteiger partial charge in [0.05, 0.1) is 25.7 Å². The van der Waals surface area contributed by atoms with E-state index < -0.39 is 0 Å². The van der Waals surface area contributed by atoms with Gasteiger partial charge >= 0.3 is 0 Å². The van der Waals surface area contributed by atoms with Gasteiger partial charge in [-0.2, -0.15) is 0 Å². The smallest absolute Gasteiger partial charge is 0.0890 e. The second kappa shape index (κ2) is 17.0. The summed E-state index contributed by atoms with van der Waals surface area (Å²) in [6.07, 6.45) is 31.4. The molecule has 2 aliphatic rings. The van der Waals surface area contributed by atoms with Crippen molar-refractivity contribution < 1.29 is 16.9 Å². The van der Waals surface area contributed by atoms with Gasteiger partial charge in [-0.3, -0.25) is 0 Å². The summed E-state index contributed by atoms with van der Waals surface area (Å²) < 4.78 is 1.54. The first-order valence-electron chi connectivity index (χ1n) is 13.2. The van der Waals surface area contributed by atoms with Gasteiger partial charge in [0.15, 0.2) is 0 Å². The van der Waals surface area contributed by atoms with Crippen LogP contribution in [0, 0.1) is 0 Å². The van der Waals surface area contributed by atoms with Crippen LogP contribution in [0.3, 0.4) is 0 Å². The lowest BCUT2D eigenvalue weighted by molar-refractivity contribution is -0.952. The fourth-order valence-corrected chi connectivity index (χ4v) is 5.99. The minimum absolute atomic E-state index is 0. The number of quaternary nitrogens is 1. The van der Waals surface area contributed by atoms with E-state index in [4.69, 9.17) is 0 Å². The predicted octanol–water partition coefficient (Wildman–Crippen LogP) is 5.42. The van der Waals surface area contributed by atoms with Crippen LogP contribution >= 0.6 is 0 Å². The van der Waals surface area contributed by atoms with Crippen molar-refractivity contribution in [1.82, 2.24) is 0 Å². The fraction of sp³-hybridized carbons (Fsp3) is 1.00. The first-order chi connectivity index (χ1) is 13.4. The number of hydrogen-bond donors (Lipinski definition) is 0. The minimum atomic E-state index is 0. The zero-order chi connectivity index (χ0) is 19.0. The molecule has 1 atom stereocenters. The van der Waals surface area contributed by atoms with Crippen molar-refractivity contribution in [3.63, 3.8) is 0 Å². The highest BCUT2D eigenvalue weighted by molar-refractivity contribution is 4.67. The molecule has 0 aromatic heterocycles.